The molecule has 1 aromatic heterocycles. The summed E-state index contributed by atoms with van der Waals surface area (Å²) in [5.41, 5.74) is 12.7. The lowest BCUT2D eigenvalue weighted by Gasteiger charge is -2.08. The molecular formula is C12H12N4O2. The highest BCUT2D eigenvalue weighted by Gasteiger charge is 2.29. The Balaban J connectivity index is 2.18. The summed E-state index contributed by atoms with van der Waals surface area (Å²) in [4.78, 5) is 4.02. The molecule has 2 heterocycles. The van der Waals surface area contributed by atoms with Crippen molar-refractivity contribution in [1.29, 1.82) is 5.26 Å². The predicted molar refractivity (Wildman–Crippen MR) is 65.5 cm³/mol. The third-order valence-electron chi connectivity index (χ3n) is 2.64. The molecule has 18 heavy (non-hydrogen) atoms. The summed E-state index contributed by atoms with van der Waals surface area (Å²) in [5, 5.41) is 8.93. The van der Waals surface area contributed by atoms with Crippen molar-refractivity contribution < 1.29 is 9.47 Å². The van der Waals surface area contributed by atoms with Crippen LogP contribution in [0, 0.1) is 23.7 Å². The normalized spacial score (nSPS) is 16.4. The van der Waals surface area contributed by atoms with Gasteiger partial charge in [0.2, 0.25) is 5.88 Å². The van der Waals surface area contributed by atoms with Crippen LogP contribution in [0.3, 0.4) is 0 Å². The maximum absolute atomic E-state index is 8.93. The van der Waals surface area contributed by atoms with E-state index in [1.54, 1.807) is 0 Å². The number of hydrogen-bond donors (Lipinski definition) is 2. The summed E-state index contributed by atoms with van der Waals surface area (Å²) in [5.74, 6) is 2.83. The van der Waals surface area contributed by atoms with Crippen molar-refractivity contribution >= 4 is 11.5 Å². The van der Waals surface area contributed by atoms with Gasteiger partial charge in [0.25, 0.3) is 0 Å². The summed E-state index contributed by atoms with van der Waals surface area (Å²) in [7, 11) is 0. The van der Waals surface area contributed by atoms with Gasteiger partial charge in [0.1, 0.15) is 30.2 Å². The van der Waals surface area contributed by atoms with E-state index in [1.807, 2.05) is 6.07 Å². The molecule has 1 unspecified atom stereocenters. The molecule has 0 saturated heterocycles. The highest BCUT2D eigenvalue weighted by molar-refractivity contribution is 5.71. The number of rotatable bonds is 3. The number of pyridine rings is 1. The Hall–Kier alpha value is -2.44. The number of terminal acetylenes is 1. The van der Waals surface area contributed by atoms with Gasteiger partial charge in [0, 0.05) is 12.0 Å². The summed E-state index contributed by atoms with van der Waals surface area (Å²) in [6.07, 6.45) is 5.42. The quantitative estimate of drug-likeness (QED) is 0.575. The summed E-state index contributed by atoms with van der Waals surface area (Å²) in [6.45, 7) is 0.576. The van der Waals surface area contributed by atoms with Gasteiger partial charge in [-0.3, -0.25) is 0 Å². The standard InChI is InChI=1S/C12H12N4O2/c1-2-3-17-6-7-4-8-10(14)9(5-13)11(15)16-12(8)18-7/h1,7H,3-4,6H2,(H4,14,15,16). The lowest BCUT2D eigenvalue weighted by Crippen LogP contribution is -2.20. The summed E-state index contributed by atoms with van der Waals surface area (Å²) < 4.78 is 10.7. The number of nitrogen functional groups attached to an aromatic ring is 2. The molecule has 1 atom stereocenters. The fourth-order valence-corrected chi connectivity index (χ4v) is 1.82. The van der Waals surface area contributed by atoms with Crippen LogP contribution in [0.4, 0.5) is 11.5 Å². The molecule has 92 valence electrons. The van der Waals surface area contributed by atoms with E-state index in [-0.39, 0.29) is 24.1 Å². The van der Waals surface area contributed by atoms with E-state index in [4.69, 9.17) is 32.6 Å². The van der Waals surface area contributed by atoms with Crippen molar-refractivity contribution in [1.82, 2.24) is 4.98 Å². The number of nitrogens with two attached hydrogens (primary N) is 2. The lowest BCUT2D eigenvalue weighted by molar-refractivity contribution is 0.0767. The zero-order chi connectivity index (χ0) is 13.1. The smallest absolute Gasteiger partial charge is 0.221 e. The number of aromatic nitrogens is 1. The molecule has 1 aliphatic heterocycles. The van der Waals surface area contributed by atoms with Crippen LogP contribution in [0.2, 0.25) is 0 Å². The third kappa shape index (κ3) is 2.02. The van der Waals surface area contributed by atoms with Gasteiger partial charge in [-0.2, -0.15) is 10.2 Å². The second-order valence-corrected chi connectivity index (χ2v) is 3.84. The first kappa shape index (κ1) is 12.0. The highest BCUT2D eigenvalue weighted by Crippen LogP contribution is 2.35. The average Bonchev–Trinajstić information content (AvgIpc) is 2.73. The number of fused-ring (bicyclic) bond motifs is 1. The van der Waals surface area contributed by atoms with Crippen molar-refractivity contribution in [3.8, 4) is 24.3 Å². The zero-order valence-corrected chi connectivity index (χ0v) is 9.64. The van der Waals surface area contributed by atoms with Gasteiger partial charge in [-0.15, -0.1) is 6.42 Å². The Morgan fingerprint density at radius 2 is 2.33 bits per heavy atom. The first-order valence-electron chi connectivity index (χ1n) is 5.33. The van der Waals surface area contributed by atoms with Crippen LogP contribution in [0.5, 0.6) is 5.88 Å². The van der Waals surface area contributed by atoms with Gasteiger partial charge in [0.15, 0.2) is 0 Å². The Labute approximate surface area is 104 Å². The molecule has 0 radical (unpaired) electrons. The van der Waals surface area contributed by atoms with Crippen molar-refractivity contribution in [2.75, 3.05) is 24.7 Å². The van der Waals surface area contributed by atoms with Gasteiger partial charge in [-0.05, 0) is 0 Å². The van der Waals surface area contributed by atoms with Crippen molar-refractivity contribution in [2.24, 2.45) is 0 Å². The second kappa shape index (κ2) is 4.82. The highest BCUT2D eigenvalue weighted by atomic mass is 16.5. The van der Waals surface area contributed by atoms with E-state index in [2.05, 4.69) is 10.9 Å². The molecular weight excluding hydrogens is 232 g/mol. The Bertz CT molecular complexity index is 557. The van der Waals surface area contributed by atoms with Gasteiger partial charge in [0.05, 0.1) is 12.3 Å². The molecule has 0 bridgehead atoms. The molecule has 0 spiro atoms. The first-order chi connectivity index (χ1) is 8.67. The Morgan fingerprint density at radius 3 is 3.00 bits per heavy atom. The topological polar surface area (TPSA) is 107 Å². The van der Waals surface area contributed by atoms with E-state index in [1.165, 1.54) is 0 Å². The van der Waals surface area contributed by atoms with Crippen molar-refractivity contribution in [3.05, 3.63) is 11.1 Å². The van der Waals surface area contributed by atoms with Crippen LogP contribution < -0.4 is 16.2 Å². The molecule has 0 saturated carbocycles. The van der Waals surface area contributed by atoms with E-state index < -0.39 is 0 Å². The van der Waals surface area contributed by atoms with Crippen LogP contribution in [0.25, 0.3) is 0 Å². The van der Waals surface area contributed by atoms with Crippen LogP contribution >= 0.6 is 0 Å². The molecule has 2 rings (SSSR count). The molecule has 0 aromatic carbocycles. The number of anilines is 2. The maximum atomic E-state index is 8.93. The molecule has 1 aliphatic rings. The van der Waals surface area contributed by atoms with Crippen LogP contribution in [0.15, 0.2) is 0 Å². The van der Waals surface area contributed by atoms with Gasteiger partial charge >= 0.3 is 0 Å². The average molecular weight is 244 g/mol. The minimum Gasteiger partial charge on any atom is -0.471 e. The second-order valence-electron chi connectivity index (χ2n) is 3.84. The SMILES string of the molecule is C#CCOCC1Cc2c(nc(N)c(C#N)c2N)O1. The van der Waals surface area contributed by atoms with E-state index >= 15 is 0 Å². The van der Waals surface area contributed by atoms with Crippen LogP contribution in [-0.4, -0.2) is 24.3 Å². The lowest BCUT2D eigenvalue weighted by atomic mass is 10.1. The zero-order valence-electron chi connectivity index (χ0n) is 9.64. The molecule has 1 aromatic rings. The molecule has 0 aliphatic carbocycles. The van der Waals surface area contributed by atoms with E-state index in [9.17, 15) is 0 Å². The first-order valence-corrected chi connectivity index (χ1v) is 5.33. The van der Waals surface area contributed by atoms with Crippen molar-refractivity contribution in [3.63, 3.8) is 0 Å². The maximum Gasteiger partial charge on any atom is 0.221 e. The number of ether oxygens (including phenoxy) is 2. The molecule has 6 nitrogen and oxygen atoms in total. The Kier molecular flexibility index (Phi) is 3.22. The summed E-state index contributed by atoms with van der Waals surface area (Å²) >= 11 is 0. The monoisotopic (exact) mass is 244 g/mol. The fraction of sp³-hybridized carbons (Fsp3) is 0.333. The van der Waals surface area contributed by atoms with Gasteiger partial charge in [-0.1, -0.05) is 5.92 Å². The minimum absolute atomic E-state index is 0.0824. The van der Waals surface area contributed by atoms with Crippen LogP contribution in [0.1, 0.15) is 11.1 Å². The third-order valence-corrected chi connectivity index (χ3v) is 2.64. The molecule has 0 amide bonds. The van der Waals surface area contributed by atoms with Crippen molar-refractivity contribution in [2.45, 2.75) is 12.5 Å². The van der Waals surface area contributed by atoms with Crippen LogP contribution in [-0.2, 0) is 11.2 Å². The van der Waals surface area contributed by atoms with Gasteiger partial charge < -0.3 is 20.9 Å². The Morgan fingerprint density at radius 1 is 1.56 bits per heavy atom. The fourth-order valence-electron chi connectivity index (χ4n) is 1.82. The predicted octanol–water partition coefficient (Wildman–Crippen LogP) is 0.0710. The molecule has 6 heteroatoms. The summed E-state index contributed by atoms with van der Waals surface area (Å²) in [6, 6.07) is 1.93. The minimum atomic E-state index is -0.198. The molecule has 4 N–H and O–H groups in total. The largest absolute Gasteiger partial charge is 0.471 e. The number of nitrogens with zero attached hydrogens (tertiary/aromatic N) is 2. The van der Waals surface area contributed by atoms with Gasteiger partial charge in [-0.25, -0.2) is 0 Å². The van der Waals surface area contributed by atoms with E-state index in [0.29, 0.717) is 30.2 Å². The number of hydrogen-bond acceptors (Lipinski definition) is 6. The number of nitriles is 1. The molecule has 0 fully saturated rings. The van der Waals surface area contributed by atoms with E-state index in [0.717, 1.165) is 0 Å².